The molecule has 7 nitrogen and oxygen atoms in total. The van der Waals surface area contributed by atoms with E-state index in [1.165, 1.54) is 12.3 Å². The lowest BCUT2D eigenvalue weighted by Gasteiger charge is -2.17. The van der Waals surface area contributed by atoms with E-state index < -0.39 is 17.9 Å². The lowest BCUT2D eigenvalue weighted by atomic mass is 10.1. The van der Waals surface area contributed by atoms with E-state index in [9.17, 15) is 9.59 Å². The zero-order valence-electron chi connectivity index (χ0n) is 17.3. The summed E-state index contributed by atoms with van der Waals surface area (Å²) in [4.78, 5) is 25.0. The van der Waals surface area contributed by atoms with Crippen LogP contribution < -0.4 is 14.8 Å². The Kier molecular flexibility index (Phi) is 8.11. The van der Waals surface area contributed by atoms with E-state index in [4.69, 9.17) is 18.6 Å². The van der Waals surface area contributed by atoms with E-state index in [2.05, 4.69) is 5.32 Å². The lowest BCUT2D eigenvalue weighted by Crippen LogP contribution is -2.35. The first-order valence-electron chi connectivity index (χ1n) is 10.1. The van der Waals surface area contributed by atoms with Crippen LogP contribution in [0.2, 0.25) is 0 Å². The van der Waals surface area contributed by atoms with Crippen molar-refractivity contribution in [2.75, 3.05) is 19.8 Å². The van der Waals surface area contributed by atoms with Gasteiger partial charge in [-0.1, -0.05) is 37.3 Å². The molecule has 2 aromatic carbocycles. The van der Waals surface area contributed by atoms with Gasteiger partial charge in [-0.15, -0.1) is 0 Å². The van der Waals surface area contributed by atoms with Crippen molar-refractivity contribution in [3.05, 3.63) is 84.3 Å². The predicted octanol–water partition coefficient (Wildman–Crippen LogP) is 4.16. The Morgan fingerprint density at radius 1 is 0.871 bits per heavy atom. The molecule has 0 aliphatic rings. The van der Waals surface area contributed by atoms with Crippen molar-refractivity contribution in [3.8, 4) is 11.5 Å². The highest BCUT2D eigenvalue weighted by atomic mass is 16.6. The van der Waals surface area contributed by atoms with E-state index in [0.717, 1.165) is 12.2 Å². The van der Waals surface area contributed by atoms with Gasteiger partial charge in [0.25, 0.3) is 5.91 Å². The maximum Gasteiger partial charge on any atom is 0.333 e. The lowest BCUT2D eigenvalue weighted by molar-refractivity contribution is -0.146. The molecule has 1 amide bonds. The van der Waals surface area contributed by atoms with Crippen LogP contribution in [0.25, 0.3) is 0 Å². The molecular weight excluding hydrogens is 398 g/mol. The first kappa shape index (κ1) is 22.0. The average molecular weight is 423 g/mol. The van der Waals surface area contributed by atoms with E-state index in [0.29, 0.717) is 17.9 Å². The quantitative estimate of drug-likeness (QED) is 0.368. The second kappa shape index (κ2) is 11.4. The number of esters is 1. The minimum atomic E-state index is -0.964. The summed E-state index contributed by atoms with van der Waals surface area (Å²) < 4.78 is 21.6. The van der Waals surface area contributed by atoms with Crippen LogP contribution in [0, 0.1) is 0 Å². The van der Waals surface area contributed by atoms with Gasteiger partial charge >= 0.3 is 5.97 Å². The molecule has 1 unspecified atom stereocenters. The number of carbonyl (C=O) groups excluding carboxylic acids is 2. The van der Waals surface area contributed by atoms with Crippen LogP contribution in [-0.2, 0) is 9.53 Å². The largest absolute Gasteiger partial charge is 0.494 e. The molecule has 31 heavy (non-hydrogen) atoms. The fraction of sp³-hybridized carbons (Fsp3) is 0.250. The molecule has 3 rings (SSSR count). The molecule has 0 bridgehead atoms. The van der Waals surface area contributed by atoms with Crippen molar-refractivity contribution >= 4 is 11.9 Å². The van der Waals surface area contributed by atoms with Gasteiger partial charge in [0, 0.05) is 0 Å². The van der Waals surface area contributed by atoms with Crippen LogP contribution >= 0.6 is 0 Å². The number of ether oxygens (including phenoxy) is 3. The van der Waals surface area contributed by atoms with Crippen molar-refractivity contribution in [2.24, 2.45) is 0 Å². The number of rotatable bonds is 11. The summed E-state index contributed by atoms with van der Waals surface area (Å²) in [5, 5.41) is 2.66. The summed E-state index contributed by atoms with van der Waals surface area (Å²) in [7, 11) is 0. The van der Waals surface area contributed by atoms with Crippen LogP contribution in [0.15, 0.2) is 77.4 Å². The molecule has 162 valence electrons. The standard InChI is InChI=1S/C24H25NO6/c1-2-14-28-19-10-12-20(13-11-19)29-16-17-31-24(27)22(18-7-4-3-5-8-18)25-23(26)21-9-6-15-30-21/h3-13,15,22H,2,14,16-17H2,1H3,(H,25,26). The molecule has 7 heteroatoms. The molecular formula is C24H25NO6. The smallest absolute Gasteiger partial charge is 0.333 e. The Labute approximate surface area is 180 Å². The number of hydrogen-bond donors (Lipinski definition) is 1. The summed E-state index contributed by atoms with van der Waals surface area (Å²) in [5.41, 5.74) is 0.607. The van der Waals surface area contributed by atoms with Crippen LogP contribution in [0.5, 0.6) is 11.5 Å². The molecule has 3 aromatic rings. The SMILES string of the molecule is CCCOc1ccc(OCCOC(=O)C(NC(=O)c2ccco2)c2ccccc2)cc1. The number of nitrogens with one attached hydrogen (secondary N) is 1. The second-order valence-electron chi connectivity index (χ2n) is 6.63. The summed E-state index contributed by atoms with van der Waals surface area (Å²) in [5.74, 6) is 0.447. The van der Waals surface area contributed by atoms with E-state index in [-0.39, 0.29) is 19.0 Å². The van der Waals surface area contributed by atoms with E-state index >= 15 is 0 Å². The Hall–Kier alpha value is -3.74. The summed E-state index contributed by atoms with van der Waals surface area (Å²) in [6, 6.07) is 18.3. The third-order valence-corrected chi connectivity index (χ3v) is 4.28. The molecule has 0 spiro atoms. The van der Waals surface area contributed by atoms with Gasteiger partial charge in [0.2, 0.25) is 0 Å². The molecule has 0 aliphatic heterocycles. The topological polar surface area (TPSA) is 87.0 Å². The molecule has 1 N–H and O–H groups in total. The minimum Gasteiger partial charge on any atom is -0.494 e. The molecule has 0 fully saturated rings. The first-order chi connectivity index (χ1) is 15.2. The van der Waals surface area contributed by atoms with Crippen LogP contribution in [0.4, 0.5) is 0 Å². The monoisotopic (exact) mass is 423 g/mol. The fourth-order valence-corrected chi connectivity index (χ4v) is 2.77. The Morgan fingerprint density at radius 3 is 2.16 bits per heavy atom. The van der Waals surface area contributed by atoms with Crippen LogP contribution in [0.1, 0.15) is 35.5 Å². The zero-order chi connectivity index (χ0) is 21.9. The summed E-state index contributed by atoms with van der Waals surface area (Å²) >= 11 is 0. The molecule has 0 radical (unpaired) electrons. The van der Waals surface area contributed by atoms with Gasteiger partial charge in [0.15, 0.2) is 11.8 Å². The maximum absolute atomic E-state index is 12.7. The van der Waals surface area contributed by atoms with Crippen LogP contribution in [0.3, 0.4) is 0 Å². The Morgan fingerprint density at radius 2 is 1.55 bits per heavy atom. The molecule has 0 saturated carbocycles. The third-order valence-electron chi connectivity index (χ3n) is 4.28. The molecule has 1 aromatic heterocycles. The molecule has 0 saturated heterocycles. The average Bonchev–Trinajstić information content (AvgIpc) is 3.35. The number of hydrogen-bond acceptors (Lipinski definition) is 6. The van der Waals surface area contributed by atoms with Gasteiger partial charge in [-0.2, -0.15) is 0 Å². The van der Waals surface area contributed by atoms with E-state index in [1.54, 1.807) is 42.5 Å². The van der Waals surface area contributed by atoms with Gasteiger partial charge in [-0.25, -0.2) is 4.79 Å². The van der Waals surface area contributed by atoms with Gasteiger partial charge in [0.05, 0.1) is 12.9 Å². The van der Waals surface area contributed by atoms with Crippen molar-refractivity contribution in [2.45, 2.75) is 19.4 Å². The minimum absolute atomic E-state index is 0.0346. The predicted molar refractivity (Wildman–Crippen MR) is 114 cm³/mol. The number of carbonyl (C=O) groups is 2. The highest BCUT2D eigenvalue weighted by Crippen LogP contribution is 2.18. The number of furan rings is 1. The first-order valence-corrected chi connectivity index (χ1v) is 10.1. The molecule has 0 aliphatic carbocycles. The number of amides is 1. The normalized spacial score (nSPS) is 11.4. The third kappa shape index (κ3) is 6.64. The van der Waals surface area contributed by atoms with Crippen molar-refractivity contribution < 1.29 is 28.2 Å². The van der Waals surface area contributed by atoms with Gasteiger partial charge in [-0.05, 0) is 48.4 Å². The summed E-state index contributed by atoms with van der Waals surface area (Å²) in [6.07, 6.45) is 2.33. The molecule has 1 heterocycles. The van der Waals surface area contributed by atoms with Gasteiger partial charge < -0.3 is 23.9 Å². The Bertz CT molecular complexity index is 938. The highest BCUT2D eigenvalue weighted by Gasteiger charge is 2.25. The molecule has 1 atom stereocenters. The van der Waals surface area contributed by atoms with Gasteiger partial charge in [0.1, 0.15) is 24.7 Å². The van der Waals surface area contributed by atoms with Gasteiger partial charge in [-0.3, -0.25) is 4.79 Å². The zero-order valence-corrected chi connectivity index (χ0v) is 17.3. The van der Waals surface area contributed by atoms with Crippen molar-refractivity contribution in [1.82, 2.24) is 5.32 Å². The van der Waals surface area contributed by atoms with Crippen LogP contribution in [-0.4, -0.2) is 31.7 Å². The number of benzene rings is 2. The summed E-state index contributed by atoms with van der Waals surface area (Å²) in [6.45, 7) is 2.92. The van der Waals surface area contributed by atoms with Crippen molar-refractivity contribution in [1.29, 1.82) is 0 Å². The maximum atomic E-state index is 12.7. The fourth-order valence-electron chi connectivity index (χ4n) is 2.77. The van der Waals surface area contributed by atoms with Crippen molar-refractivity contribution in [3.63, 3.8) is 0 Å². The second-order valence-corrected chi connectivity index (χ2v) is 6.63. The Balaban J connectivity index is 1.52. The van der Waals surface area contributed by atoms with E-state index in [1.807, 2.05) is 25.1 Å². The highest BCUT2D eigenvalue weighted by molar-refractivity contribution is 5.94.